The van der Waals surface area contributed by atoms with Gasteiger partial charge in [0.1, 0.15) is 42.2 Å². The lowest BCUT2D eigenvalue weighted by Gasteiger charge is -2.19. The monoisotopic (exact) mass is 628 g/mol. The van der Waals surface area contributed by atoms with E-state index in [9.17, 15) is 4.57 Å². The first-order valence-electron chi connectivity index (χ1n) is 14.2. The predicted octanol–water partition coefficient (Wildman–Crippen LogP) is 4.80. The van der Waals surface area contributed by atoms with Crippen molar-refractivity contribution >= 4 is 69.4 Å². The van der Waals surface area contributed by atoms with E-state index in [1.165, 1.54) is 6.21 Å². The zero-order chi connectivity index (χ0) is 32.1. The number of benzene rings is 2. The molecule has 234 valence electrons. The fraction of sp³-hybridized carbons (Fsp3) is 0.258. The Kier molecular flexibility index (Phi) is 9.31. The van der Waals surface area contributed by atoms with Gasteiger partial charge in [-0.2, -0.15) is 9.97 Å². The van der Waals surface area contributed by atoms with E-state index in [2.05, 4.69) is 30.9 Å². The Balaban J connectivity index is 1.58. The Labute approximate surface area is 261 Å². The number of aromatic nitrogens is 5. The number of nitrogens with one attached hydrogen (secondary N) is 5. The standard InChI is InChI=1S/C31H37N10O3P/c1-33-18-19(17-32)21-15-24(26(43-4)16-25(21)44-14-13-41(2)3)38-31-39-29-20(9-10-36-29)30(40-31)37-23-8-7-22-27(35-12-11-34-22)28(23)45(5,6)42/h7-12,15-18,32-33H,13-14H2,1-6H3,(H3,36,37,38,39,40)/b19-18+,32-17?. The van der Waals surface area contributed by atoms with Crippen LogP contribution in [0, 0.1) is 5.41 Å². The van der Waals surface area contributed by atoms with Gasteiger partial charge in [-0.25, -0.2) is 0 Å². The van der Waals surface area contributed by atoms with Gasteiger partial charge in [-0.15, -0.1) is 0 Å². The highest BCUT2D eigenvalue weighted by molar-refractivity contribution is 7.71. The molecule has 0 bridgehead atoms. The van der Waals surface area contributed by atoms with Crippen LogP contribution in [0.1, 0.15) is 5.56 Å². The highest BCUT2D eigenvalue weighted by Gasteiger charge is 2.23. The topological polar surface area (TPSA) is 166 Å². The second-order valence-electron chi connectivity index (χ2n) is 10.9. The van der Waals surface area contributed by atoms with Crippen molar-refractivity contribution in [2.75, 3.05) is 65.4 Å². The molecule has 14 heteroatoms. The minimum atomic E-state index is -2.80. The van der Waals surface area contributed by atoms with Gasteiger partial charge >= 0.3 is 0 Å². The first kappa shape index (κ1) is 31.4. The van der Waals surface area contributed by atoms with Crippen molar-refractivity contribution < 1.29 is 14.0 Å². The van der Waals surface area contributed by atoms with Crippen LogP contribution >= 0.6 is 7.14 Å². The van der Waals surface area contributed by atoms with Gasteiger partial charge in [-0.1, -0.05) is 0 Å². The summed E-state index contributed by atoms with van der Waals surface area (Å²) in [6.45, 7) is 4.59. The van der Waals surface area contributed by atoms with E-state index >= 15 is 0 Å². The Bertz CT molecular complexity index is 1930. The van der Waals surface area contributed by atoms with Crippen molar-refractivity contribution in [3.8, 4) is 11.5 Å². The third-order valence-electron chi connectivity index (χ3n) is 6.93. The van der Waals surface area contributed by atoms with Crippen molar-refractivity contribution in [1.82, 2.24) is 35.1 Å². The fourth-order valence-corrected chi connectivity index (χ4v) is 6.26. The van der Waals surface area contributed by atoms with E-state index in [4.69, 9.17) is 24.9 Å². The molecule has 0 atom stereocenters. The summed E-state index contributed by atoms with van der Waals surface area (Å²) < 4.78 is 25.4. The molecule has 2 aromatic carbocycles. The zero-order valence-corrected chi connectivity index (χ0v) is 27.0. The van der Waals surface area contributed by atoms with Gasteiger partial charge in [0.2, 0.25) is 5.95 Å². The highest BCUT2D eigenvalue weighted by atomic mass is 31.2. The molecule has 0 saturated carbocycles. The number of nitrogens with zero attached hydrogens (tertiary/aromatic N) is 5. The van der Waals surface area contributed by atoms with E-state index in [1.54, 1.807) is 58.3 Å². The number of aromatic amines is 1. The predicted molar refractivity (Wildman–Crippen MR) is 182 cm³/mol. The molecule has 0 aliphatic rings. The van der Waals surface area contributed by atoms with Gasteiger partial charge in [-0.05, 0) is 51.7 Å². The van der Waals surface area contributed by atoms with E-state index in [-0.39, 0.29) is 5.95 Å². The lowest BCUT2D eigenvalue weighted by atomic mass is 10.0. The minimum Gasteiger partial charge on any atom is -0.494 e. The van der Waals surface area contributed by atoms with Gasteiger partial charge in [0.25, 0.3) is 0 Å². The molecule has 0 amide bonds. The quantitative estimate of drug-likeness (QED) is 0.0898. The number of anilines is 4. The van der Waals surface area contributed by atoms with Crippen molar-refractivity contribution in [3.63, 3.8) is 0 Å². The molecule has 0 unspecified atom stereocenters. The number of fused-ring (bicyclic) bond motifs is 2. The number of H-pyrrole nitrogens is 1. The molecule has 3 aromatic heterocycles. The molecule has 45 heavy (non-hydrogen) atoms. The van der Waals surface area contributed by atoms with E-state index < -0.39 is 7.14 Å². The summed E-state index contributed by atoms with van der Waals surface area (Å²) in [5.74, 6) is 1.86. The molecule has 0 spiro atoms. The third kappa shape index (κ3) is 6.89. The smallest absolute Gasteiger partial charge is 0.231 e. The largest absolute Gasteiger partial charge is 0.494 e. The van der Waals surface area contributed by atoms with Crippen LogP contribution < -0.4 is 30.7 Å². The summed E-state index contributed by atoms with van der Waals surface area (Å²) in [5, 5.41) is 19.1. The average Bonchev–Trinajstić information content (AvgIpc) is 3.48. The summed E-state index contributed by atoms with van der Waals surface area (Å²) in [6.07, 6.45) is 7.98. The maximum atomic E-state index is 13.5. The number of likely N-dealkylation sites (N-methyl/N-ethyl adjacent to an activating group) is 1. The number of hydrogen-bond donors (Lipinski definition) is 5. The number of rotatable bonds is 13. The van der Waals surface area contributed by atoms with Crippen molar-refractivity contribution in [2.45, 2.75) is 0 Å². The van der Waals surface area contributed by atoms with Crippen LogP contribution in [0.15, 0.2) is 55.1 Å². The molecule has 5 N–H and O–H groups in total. The molecule has 3 heterocycles. The van der Waals surface area contributed by atoms with Gasteiger partial charge < -0.3 is 45.3 Å². The zero-order valence-electron chi connectivity index (χ0n) is 26.1. The summed E-state index contributed by atoms with van der Waals surface area (Å²) >= 11 is 0. The minimum absolute atomic E-state index is 0.283. The van der Waals surface area contributed by atoms with Crippen LogP contribution in [0.4, 0.5) is 23.1 Å². The number of hydrogen-bond acceptors (Lipinski definition) is 12. The molecule has 0 radical (unpaired) electrons. The Hall–Kier alpha value is -5.00. The summed E-state index contributed by atoms with van der Waals surface area (Å²) in [4.78, 5) is 23.6. The maximum Gasteiger partial charge on any atom is 0.231 e. The van der Waals surface area contributed by atoms with Crippen molar-refractivity contribution in [2.24, 2.45) is 0 Å². The number of methoxy groups -OCH3 is 1. The Morgan fingerprint density at radius 1 is 1.07 bits per heavy atom. The summed E-state index contributed by atoms with van der Waals surface area (Å²) in [6, 6.07) is 9.19. The Morgan fingerprint density at radius 3 is 2.58 bits per heavy atom. The average molecular weight is 629 g/mol. The molecular weight excluding hydrogens is 591 g/mol. The lowest BCUT2D eigenvalue weighted by Crippen LogP contribution is -2.19. The normalized spacial score (nSPS) is 12.0. The van der Waals surface area contributed by atoms with Crippen molar-refractivity contribution in [1.29, 1.82) is 5.41 Å². The van der Waals surface area contributed by atoms with Crippen LogP contribution in [0.5, 0.6) is 11.5 Å². The van der Waals surface area contributed by atoms with E-state index in [0.717, 1.165) is 5.39 Å². The van der Waals surface area contributed by atoms with Crippen LogP contribution in [-0.2, 0) is 4.57 Å². The summed E-state index contributed by atoms with van der Waals surface area (Å²) in [5.41, 5.74) is 4.32. The van der Waals surface area contributed by atoms with Crippen LogP contribution in [-0.4, -0.2) is 90.8 Å². The summed E-state index contributed by atoms with van der Waals surface area (Å²) in [7, 11) is 4.50. The highest BCUT2D eigenvalue weighted by Crippen LogP contribution is 2.42. The molecule has 0 fully saturated rings. The SMILES string of the molecule is CN/C=C(\C=N)c1cc(Nc2nc(Nc3ccc4nccnc4c3P(C)(C)=O)c3cc[nH]c3n2)c(OC)cc1OCCN(C)C. The van der Waals surface area contributed by atoms with E-state index in [0.29, 0.717) is 75.0 Å². The molecule has 0 saturated heterocycles. The second kappa shape index (κ2) is 13.3. The van der Waals surface area contributed by atoms with Gasteiger partial charge in [0, 0.05) is 61.8 Å². The second-order valence-corrected chi connectivity index (χ2v) is 14.0. The van der Waals surface area contributed by atoms with Gasteiger partial charge in [-0.3, -0.25) is 9.97 Å². The van der Waals surface area contributed by atoms with Crippen LogP contribution in [0.3, 0.4) is 0 Å². The van der Waals surface area contributed by atoms with Crippen LogP contribution in [0.2, 0.25) is 0 Å². The Morgan fingerprint density at radius 2 is 1.87 bits per heavy atom. The molecule has 13 nitrogen and oxygen atoms in total. The van der Waals surface area contributed by atoms with Crippen LogP contribution in [0.25, 0.3) is 27.6 Å². The number of allylic oxidation sites excluding steroid dienone is 1. The van der Waals surface area contributed by atoms with Gasteiger partial charge in [0.05, 0.1) is 34.7 Å². The first-order chi connectivity index (χ1) is 21.6. The molecule has 5 aromatic rings. The first-order valence-corrected chi connectivity index (χ1v) is 16.8. The van der Waals surface area contributed by atoms with Gasteiger partial charge in [0.15, 0.2) is 0 Å². The molecule has 0 aliphatic carbocycles. The third-order valence-corrected chi connectivity index (χ3v) is 8.46. The lowest BCUT2D eigenvalue weighted by molar-refractivity contribution is 0.260. The fourth-order valence-electron chi connectivity index (χ4n) is 4.87. The molecule has 0 aliphatic heterocycles. The maximum absolute atomic E-state index is 13.5. The molecule has 5 rings (SSSR count). The van der Waals surface area contributed by atoms with Crippen molar-refractivity contribution in [3.05, 3.63) is 60.7 Å². The number of ether oxygens (including phenoxy) is 2. The van der Waals surface area contributed by atoms with E-state index in [1.807, 2.05) is 43.3 Å². The molecular formula is C31H37N10O3P.